The Labute approximate surface area is 240 Å². The molecule has 0 aliphatic heterocycles. The number of nitrogens with zero attached hydrogens (tertiary/aromatic N) is 2. The van der Waals surface area contributed by atoms with Crippen LogP contribution in [0.15, 0.2) is 88.2 Å². The topological polar surface area (TPSA) is 86.8 Å². The fraction of sp³-hybridized carbons (Fsp3) is 0.259. The van der Waals surface area contributed by atoms with Crippen LogP contribution in [0.25, 0.3) is 0 Å². The standard InChI is InChI=1S/C27H29BrIN3O4S/c1-19(2)30-27(34)20(3)31(17-21-8-7-9-22(28)16-21)26(33)18-32(24-14-12-23(29)13-15-24)37(35,36)25-10-5-4-6-11-25/h4-16,19-20H,17-18H2,1-3H3,(H,30,34)/t20-/m1/s1. The highest BCUT2D eigenvalue weighted by atomic mass is 127. The van der Waals surface area contributed by atoms with Crippen molar-refractivity contribution >= 4 is 66.0 Å². The molecule has 0 radical (unpaired) electrons. The second kappa shape index (κ2) is 12.9. The number of nitrogens with one attached hydrogen (secondary N) is 1. The SMILES string of the molecule is CC(C)NC(=O)[C@@H](C)N(Cc1cccc(Br)c1)C(=O)CN(c1ccc(I)cc1)S(=O)(=O)c1ccccc1. The molecular weight excluding hydrogens is 669 g/mol. The summed E-state index contributed by atoms with van der Waals surface area (Å²) in [6.45, 7) is 5.00. The maximum absolute atomic E-state index is 13.8. The van der Waals surface area contributed by atoms with Crippen molar-refractivity contribution in [1.82, 2.24) is 10.2 Å². The van der Waals surface area contributed by atoms with Crippen LogP contribution in [0.4, 0.5) is 5.69 Å². The predicted molar refractivity (Wildman–Crippen MR) is 158 cm³/mol. The van der Waals surface area contributed by atoms with Gasteiger partial charge >= 0.3 is 0 Å². The molecule has 2 amide bonds. The van der Waals surface area contributed by atoms with Crippen LogP contribution in [0.5, 0.6) is 0 Å². The van der Waals surface area contributed by atoms with Gasteiger partial charge in [-0.1, -0.05) is 46.3 Å². The average molecular weight is 698 g/mol. The fourth-order valence-electron chi connectivity index (χ4n) is 3.68. The second-order valence-corrected chi connectivity index (χ2v) is 12.8. The van der Waals surface area contributed by atoms with Crippen LogP contribution < -0.4 is 9.62 Å². The number of halogens is 2. The molecule has 0 bridgehead atoms. The lowest BCUT2D eigenvalue weighted by atomic mass is 10.1. The third kappa shape index (κ3) is 7.78. The first-order valence-electron chi connectivity index (χ1n) is 11.7. The quantitative estimate of drug-likeness (QED) is 0.296. The summed E-state index contributed by atoms with van der Waals surface area (Å²) in [7, 11) is -4.06. The Morgan fingerprint density at radius 3 is 2.19 bits per heavy atom. The van der Waals surface area contributed by atoms with Gasteiger partial charge in [0.05, 0.1) is 10.6 Å². The van der Waals surface area contributed by atoms with E-state index < -0.39 is 28.5 Å². The number of amides is 2. The number of sulfonamides is 1. The molecule has 1 atom stereocenters. The van der Waals surface area contributed by atoms with E-state index in [1.165, 1.54) is 17.0 Å². The van der Waals surface area contributed by atoms with E-state index in [1.807, 2.05) is 38.1 Å². The molecule has 0 heterocycles. The summed E-state index contributed by atoms with van der Waals surface area (Å²) in [5.41, 5.74) is 1.16. The molecule has 0 saturated carbocycles. The number of hydrogen-bond acceptors (Lipinski definition) is 4. The highest BCUT2D eigenvalue weighted by Gasteiger charge is 2.32. The second-order valence-electron chi connectivity index (χ2n) is 8.79. The van der Waals surface area contributed by atoms with E-state index in [-0.39, 0.29) is 23.4 Å². The Hall–Kier alpha value is -2.44. The van der Waals surface area contributed by atoms with Crippen molar-refractivity contribution in [2.75, 3.05) is 10.8 Å². The Morgan fingerprint density at radius 2 is 1.59 bits per heavy atom. The lowest BCUT2D eigenvalue weighted by Crippen LogP contribution is -2.52. The van der Waals surface area contributed by atoms with Crippen molar-refractivity contribution in [3.05, 3.63) is 92.5 Å². The lowest BCUT2D eigenvalue weighted by Gasteiger charge is -2.32. The van der Waals surface area contributed by atoms with Gasteiger partial charge < -0.3 is 10.2 Å². The first-order valence-corrected chi connectivity index (χ1v) is 15.0. The predicted octanol–water partition coefficient (Wildman–Crippen LogP) is 5.19. The molecule has 3 aromatic rings. The number of benzene rings is 3. The Bertz CT molecular complexity index is 1340. The Morgan fingerprint density at radius 1 is 0.946 bits per heavy atom. The van der Waals surface area contributed by atoms with Gasteiger partial charge in [-0.25, -0.2) is 8.42 Å². The minimum absolute atomic E-state index is 0.0745. The van der Waals surface area contributed by atoms with Crippen molar-refractivity contribution < 1.29 is 18.0 Å². The van der Waals surface area contributed by atoms with Crippen LogP contribution in [0.3, 0.4) is 0 Å². The third-order valence-electron chi connectivity index (χ3n) is 5.56. The molecule has 0 aliphatic carbocycles. The van der Waals surface area contributed by atoms with E-state index in [0.29, 0.717) is 5.69 Å². The van der Waals surface area contributed by atoms with E-state index in [1.54, 1.807) is 49.4 Å². The van der Waals surface area contributed by atoms with Gasteiger partial charge in [0.15, 0.2) is 0 Å². The summed E-state index contributed by atoms with van der Waals surface area (Å²) >= 11 is 5.58. The first-order chi connectivity index (χ1) is 17.5. The molecule has 10 heteroatoms. The zero-order valence-electron chi connectivity index (χ0n) is 20.8. The van der Waals surface area contributed by atoms with Crippen molar-refractivity contribution in [3.8, 4) is 0 Å². The minimum Gasteiger partial charge on any atom is -0.352 e. The third-order valence-corrected chi connectivity index (χ3v) is 8.57. The number of hydrogen-bond donors (Lipinski definition) is 1. The normalized spacial score (nSPS) is 12.2. The van der Waals surface area contributed by atoms with E-state index in [4.69, 9.17) is 0 Å². The van der Waals surface area contributed by atoms with E-state index in [9.17, 15) is 18.0 Å². The monoisotopic (exact) mass is 697 g/mol. The number of carbonyl (C=O) groups is 2. The summed E-state index contributed by atoms with van der Waals surface area (Å²) in [4.78, 5) is 28.2. The summed E-state index contributed by atoms with van der Waals surface area (Å²) in [6.07, 6.45) is 0. The maximum Gasteiger partial charge on any atom is 0.264 e. The van der Waals surface area contributed by atoms with Crippen molar-refractivity contribution in [1.29, 1.82) is 0 Å². The Balaban J connectivity index is 2.01. The van der Waals surface area contributed by atoms with E-state index in [2.05, 4.69) is 43.8 Å². The van der Waals surface area contributed by atoms with Crippen LogP contribution in [0, 0.1) is 3.57 Å². The highest BCUT2D eigenvalue weighted by molar-refractivity contribution is 14.1. The summed E-state index contributed by atoms with van der Waals surface area (Å²) < 4.78 is 30.3. The van der Waals surface area contributed by atoms with Gasteiger partial charge in [0.25, 0.3) is 10.0 Å². The van der Waals surface area contributed by atoms with Gasteiger partial charge in [-0.3, -0.25) is 13.9 Å². The molecular formula is C27H29BrIN3O4S. The number of carbonyl (C=O) groups excluding carboxylic acids is 2. The van der Waals surface area contributed by atoms with Crippen LogP contribution in [-0.2, 0) is 26.2 Å². The largest absolute Gasteiger partial charge is 0.352 e. The van der Waals surface area contributed by atoms with Crippen LogP contribution >= 0.6 is 38.5 Å². The first kappa shape index (κ1) is 29.1. The van der Waals surface area contributed by atoms with E-state index >= 15 is 0 Å². The van der Waals surface area contributed by atoms with Crippen molar-refractivity contribution in [3.63, 3.8) is 0 Å². The highest BCUT2D eigenvalue weighted by Crippen LogP contribution is 2.25. The van der Waals surface area contributed by atoms with E-state index in [0.717, 1.165) is 17.9 Å². The smallest absolute Gasteiger partial charge is 0.264 e. The zero-order chi connectivity index (χ0) is 27.2. The molecule has 3 aromatic carbocycles. The molecule has 0 aromatic heterocycles. The van der Waals surface area contributed by atoms with Gasteiger partial charge in [0, 0.05) is 20.6 Å². The number of rotatable bonds is 10. The van der Waals surface area contributed by atoms with Crippen LogP contribution in [0.1, 0.15) is 26.3 Å². The van der Waals surface area contributed by atoms with Gasteiger partial charge in [0.2, 0.25) is 11.8 Å². The molecule has 0 spiro atoms. The minimum atomic E-state index is -4.06. The summed E-state index contributed by atoms with van der Waals surface area (Å²) in [5, 5.41) is 2.85. The molecule has 37 heavy (non-hydrogen) atoms. The van der Waals surface area contributed by atoms with Gasteiger partial charge in [-0.05, 0) is 97.5 Å². The van der Waals surface area contributed by atoms with Crippen LogP contribution in [-0.4, -0.2) is 43.8 Å². The van der Waals surface area contributed by atoms with Crippen molar-refractivity contribution in [2.45, 2.75) is 44.3 Å². The lowest BCUT2D eigenvalue weighted by molar-refractivity contribution is -0.139. The summed E-state index contributed by atoms with van der Waals surface area (Å²) in [6, 6.07) is 21.4. The fourth-order valence-corrected chi connectivity index (χ4v) is 5.92. The molecule has 0 aliphatic rings. The molecule has 0 unspecified atom stereocenters. The number of anilines is 1. The van der Waals surface area contributed by atoms with Gasteiger partial charge in [-0.2, -0.15) is 0 Å². The summed E-state index contributed by atoms with van der Waals surface area (Å²) in [5.74, 6) is -0.811. The molecule has 0 fully saturated rings. The van der Waals surface area contributed by atoms with Crippen LogP contribution in [0.2, 0.25) is 0 Å². The van der Waals surface area contributed by atoms with Gasteiger partial charge in [0.1, 0.15) is 12.6 Å². The zero-order valence-corrected chi connectivity index (χ0v) is 25.3. The molecule has 7 nitrogen and oxygen atoms in total. The molecule has 3 rings (SSSR count). The van der Waals surface area contributed by atoms with Crippen molar-refractivity contribution in [2.24, 2.45) is 0 Å². The maximum atomic E-state index is 13.8. The average Bonchev–Trinajstić information content (AvgIpc) is 2.86. The molecule has 196 valence electrons. The molecule has 1 N–H and O–H groups in total. The molecule has 0 saturated heterocycles. The Kier molecular flexibility index (Phi) is 10.1. The van der Waals surface area contributed by atoms with Gasteiger partial charge in [-0.15, -0.1) is 0 Å².